The number of ether oxygens (including phenoxy) is 1. The Morgan fingerprint density at radius 3 is 2.70 bits per heavy atom. The summed E-state index contributed by atoms with van der Waals surface area (Å²) in [4.78, 5) is 12.5. The molecule has 0 radical (unpaired) electrons. The van der Waals surface area contributed by atoms with E-state index in [0.717, 1.165) is 28.4 Å². The average Bonchev–Trinajstić information content (AvgIpc) is 2.98. The number of thioether (sulfide) groups is 1. The Kier molecular flexibility index (Phi) is 4.28. The van der Waals surface area contributed by atoms with Crippen LogP contribution in [-0.2, 0) is 4.79 Å². The number of carbonyl (C=O) groups is 1. The standard InChI is InChI=1S/C17H16N2O2S2/c1-10-8-12(9-15-16(20)18-17(22)23-15)11(2)19(10)13-6-4-5-7-14(13)21-3/h4-9H,1-3H3,(H,18,20,22). The second-order valence-electron chi connectivity index (χ2n) is 5.19. The molecule has 0 atom stereocenters. The molecule has 0 unspecified atom stereocenters. The van der Waals surface area contributed by atoms with Gasteiger partial charge in [0.15, 0.2) is 0 Å². The number of para-hydroxylation sites is 2. The normalized spacial score (nSPS) is 16.0. The number of benzene rings is 1. The first-order valence-corrected chi connectivity index (χ1v) is 8.31. The molecule has 0 spiro atoms. The minimum atomic E-state index is -0.137. The molecule has 0 saturated carbocycles. The van der Waals surface area contributed by atoms with E-state index in [1.807, 2.05) is 44.2 Å². The van der Waals surface area contributed by atoms with Crippen LogP contribution in [0.4, 0.5) is 0 Å². The van der Waals surface area contributed by atoms with Crippen molar-refractivity contribution in [2.75, 3.05) is 7.11 Å². The Hall–Kier alpha value is -2.05. The lowest BCUT2D eigenvalue weighted by molar-refractivity contribution is -0.115. The summed E-state index contributed by atoms with van der Waals surface area (Å²) in [5.74, 6) is 0.671. The highest BCUT2D eigenvalue weighted by atomic mass is 32.2. The van der Waals surface area contributed by atoms with E-state index >= 15 is 0 Å². The molecule has 0 bridgehead atoms. The van der Waals surface area contributed by atoms with Crippen molar-refractivity contribution in [1.29, 1.82) is 0 Å². The van der Waals surface area contributed by atoms with E-state index in [9.17, 15) is 4.79 Å². The Balaban J connectivity index is 2.09. The number of hydrogen-bond acceptors (Lipinski definition) is 4. The van der Waals surface area contributed by atoms with E-state index in [1.54, 1.807) is 7.11 Å². The second-order valence-corrected chi connectivity index (χ2v) is 6.90. The Morgan fingerprint density at radius 2 is 2.04 bits per heavy atom. The summed E-state index contributed by atoms with van der Waals surface area (Å²) in [7, 11) is 1.66. The molecule has 1 aromatic carbocycles. The van der Waals surface area contributed by atoms with Gasteiger partial charge >= 0.3 is 0 Å². The summed E-state index contributed by atoms with van der Waals surface area (Å²) in [6.45, 7) is 4.07. The summed E-state index contributed by atoms with van der Waals surface area (Å²) in [5.41, 5.74) is 4.10. The van der Waals surface area contributed by atoms with Crippen LogP contribution in [0, 0.1) is 13.8 Å². The van der Waals surface area contributed by atoms with E-state index < -0.39 is 0 Å². The molecule has 2 aromatic rings. The predicted molar refractivity (Wildman–Crippen MR) is 98.1 cm³/mol. The van der Waals surface area contributed by atoms with Gasteiger partial charge < -0.3 is 14.6 Å². The van der Waals surface area contributed by atoms with E-state index in [4.69, 9.17) is 17.0 Å². The van der Waals surface area contributed by atoms with E-state index in [2.05, 4.69) is 16.0 Å². The maximum absolute atomic E-state index is 11.8. The number of methoxy groups -OCH3 is 1. The van der Waals surface area contributed by atoms with Gasteiger partial charge in [-0.15, -0.1) is 0 Å². The zero-order valence-corrected chi connectivity index (χ0v) is 14.7. The van der Waals surface area contributed by atoms with Gasteiger partial charge in [-0.1, -0.05) is 36.1 Å². The predicted octanol–water partition coefficient (Wildman–Crippen LogP) is 3.59. The number of thiocarbonyl (C=S) groups is 1. The first kappa shape index (κ1) is 15.8. The number of amides is 1. The zero-order chi connectivity index (χ0) is 16.6. The van der Waals surface area contributed by atoms with Gasteiger partial charge in [0.2, 0.25) is 0 Å². The van der Waals surface area contributed by atoms with Crippen molar-refractivity contribution in [1.82, 2.24) is 9.88 Å². The molecular weight excluding hydrogens is 328 g/mol. The Bertz CT molecular complexity index is 837. The maximum Gasteiger partial charge on any atom is 0.263 e. The summed E-state index contributed by atoms with van der Waals surface area (Å²) in [6.07, 6.45) is 1.88. The Labute approximate surface area is 144 Å². The number of aryl methyl sites for hydroxylation is 1. The molecule has 1 saturated heterocycles. The van der Waals surface area contributed by atoms with Crippen LogP contribution in [-0.4, -0.2) is 21.9 Å². The van der Waals surface area contributed by atoms with Crippen molar-refractivity contribution in [2.24, 2.45) is 0 Å². The zero-order valence-electron chi connectivity index (χ0n) is 13.0. The highest BCUT2D eigenvalue weighted by molar-refractivity contribution is 8.26. The monoisotopic (exact) mass is 344 g/mol. The van der Waals surface area contributed by atoms with Crippen molar-refractivity contribution >= 4 is 40.3 Å². The molecule has 2 heterocycles. The number of rotatable bonds is 3. The van der Waals surface area contributed by atoms with Crippen LogP contribution in [0.1, 0.15) is 17.0 Å². The fourth-order valence-electron chi connectivity index (χ4n) is 2.68. The first-order chi connectivity index (χ1) is 11.0. The van der Waals surface area contributed by atoms with Crippen LogP contribution in [0.25, 0.3) is 11.8 Å². The van der Waals surface area contributed by atoms with Gasteiger partial charge in [0, 0.05) is 11.4 Å². The molecule has 1 aromatic heterocycles. The lowest BCUT2D eigenvalue weighted by Gasteiger charge is -2.13. The third kappa shape index (κ3) is 2.92. The van der Waals surface area contributed by atoms with Crippen LogP contribution in [0.15, 0.2) is 35.2 Å². The Morgan fingerprint density at radius 1 is 1.30 bits per heavy atom. The van der Waals surface area contributed by atoms with Crippen molar-refractivity contribution < 1.29 is 9.53 Å². The maximum atomic E-state index is 11.8. The molecule has 4 nitrogen and oxygen atoms in total. The lowest BCUT2D eigenvalue weighted by Crippen LogP contribution is -2.17. The van der Waals surface area contributed by atoms with Crippen LogP contribution >= 0.6 is 24.0 Å². The van der Waals surface area contributed by atoms with E-state index in [1.165, 1.54) is 11.8 Å². The minimum absolute atomic E-state index is 0.137. The van der Waals surface area contributed by atoms with Gasteiger partial charge in [-0.3, -0.25) is 4.79 Å². The molecule has 1 amide bonds. The van der Waals surface area contributed by atoms with Crippen LogP contribution in [0.2, 0.25) is 0 Å². The molecule has 118 valence electrons. The van der Waals surface area contributed by atoms with Gasteiger partial charge in [-0.05, 0) is 43.7 Å². The molecule has 1 fully saturated rings. The number of nitrogens with one attached hydrogen (secondary N) is 1. The molecule has 23 heavy (non-hydrogen) atoms. The second kappa shape index (κ2) is 6.22. The average molecular weight is 344 g/mol. The van der Waals surface area contributed by atoms with Crippen molar-refractivity contribution in [3.05, 3.63) is 52.2 Å². The third-order valence-corrected chi connectivity index (χ3v) is 4.89. The SMILES string of the molecule is COc1ccccc1-n1c(C)cc(C=C2SC(=S)NC2=O)c1C. The van der Waals surface area contributed by atoms with Crippen molar-refractivity contribution in [2.45, 2.75) is 13.8 Å². The fraction of sp³-hybridized carbons (Fsp3) is 0.176. The molecule has 1 aliphatic rings. The quantitative estimate of drug-likeness (QED) is 0.683. The van der Waals surface area contributed by atoms with Gasteiger partial charge in [-0.2, -0.15) is 0 Å². The summed E-state index contributed by atoms with van der Waals surface area (Å²) < 4.78 is 8.09. The summed E-state index contributed by atoms with van der Waals surface area (Å²) in [5, 5.41) is 2.64. The molecule has 1 aliphatic heterocycles. The number of hydrogen-bond donors (Lipinski definition) is 1. The number of nitrogens with zero attached hydrogens (tertiary/aromatic N) is 1. The van der Waals surface area contributed by atoms with Gasteiger partial charge in [0.05, 0.1) is 17.7 Å². The van der Waals surface area contributed by atoms with Crippen molar-refractivity contribution in [3.63, 3.8) is 0 Å². The lowest BCUT2D eigenvalue weighted by atomic mass is 10.2. The van der Waals surface area contributed by atoms with Crippen LogP contribution in [0.3, 0.4) is 0 Å². The summed E-state index contributed by atoms with van der Waals surface area (Å²) >= 11 is 6.32. The third-order valence-electron chi connectivity index (χ3n) is 3.72. The molecule has 1 N–H and O–H groups in total. The molecular formula is C17H16N2O2S2. The van der Waals surface area contributed by atoms with E-state index in [-0.39, 0.29) is 5.91 Å². The van der Waals surface area contributed by atoms with Gasteiger partial charge in [-0.25, -0.2) is 0 Å². The molecule has 0 aliphatic carbocycles. The highest BCUT2D eigenvalue weighted by Crippen LogP contribution is 2.31. The number of carbonyl (C=O) groups excluding carboxylic acids is 1. The smallest absolute Gasteiger partial charge is 0.263 e. The topological polar surface area (TPSA) is 43.3 Å². The van der Waals surface area contributed by atoms with Crippen LogP contribution < -0.4 is 10.1 Å². The minimum Gasteiger partial charge on any atom is -0.495 e. The van der Waals surface area contributed by atoms with Crippen molar-refractivity contribution in [3.8, 4) is 11.4 Å². The molecule has 6 heteroatoms. The number of aromatic nitrogens is 1. The van der Waals surface area contributed by atoms with Gasteiger partial charge in [0.25, 0.3) is 5.91 Å². The molecule has 3 rings (SSSR count). The first-order valence-electron chi connectivity index (χ1n) is 7.08. The summed E-state index contributed by atoms with van der Waals surface area (Å²) in [6, 6.07) is 9.93. The van der Waals surface area contributed by atoms with E-state index in [0.29, 0.717) is 9.23 Å². The largest absolute Gasteiger partial charge is 0.495 e. The van der Waals surface area contributed by atoms with Gasteiger partial charge in [0.1, 0.15) is 10.1 Å². The highest BCUT2D eigenvalue weighted by Gasteiger charge is 2.23. The fourth-order valence-corrected chi connectivity index (χ4v) is 3.72. The van der Waals surface area contributed by atoms with Crippen LogP contribution in [0.5, 0.6) is 5.75 Å².